The number of hydrogen-bond acceptors (Lipinski definition) is 1. The standard InChI is InChI=1S/C38H37N/c1-28-31-20-11-12-21-33(31)37(2,26-29-16-7-5-8-17-29)32(28)23-15-25-36-38(3,27-30-18-9-6-10-19-30)34-22-13-14-24-35(34)39(36)4/h5-25H,26-27H2,1-4H3/b23-15+,36-25+. The summed E-state index contributed by atoms with van der Waals surface area (Å²) in [4.78, 5) is 2.39. The molecule has 1 aliphatic heterocycles. The summed E-state index contributed by atoms with van der Waals surface area (Å²) in [5, 5.41) is 0. The van der Waals surface area contributed by atoms with Gasteiger partial charge in [0.2, 0.25) is 0 Å². The first-order valence-electron chi connectivity index (χ1n) is 14.0. The number of hydrogen-bond donors (Lipinski definition) is 0. The van der Waals surface area contributed by atoms with E-state index in [1.165, 1.54) is 50.3 Å². The first kappa shape index (κ1) is 25.2. The van der Waals surface area contributed by atoms with Crippen LogP contribution in [0.1, 0.15) is 48.6 Å². The van der Waals surface area contributed by atoms with E-state index in [1.54, 1.807) is 0 Å². The minimum Gasteiger partial charge on any atom is -0.347 e. The summed E-state index contributed by atoms with van der Waals surface area (Å²) in [7, 11) is 2.21. The predicted octanol–water partition coefficient (Wildman–Crippen LogP) is 9.06. The molecular formula is C38H37N. The van der Waals surface area contributed by atoms with Crippen LogP contribution in [-0.4, -0.2) is 7.05 Å². The first-order chi connectivity index (χ1) is 18.9. The van der Waals surface area contributed by atoms with Crippen molar-refractivity contribution in [2.75, 3.05) is 11.9 Å². The summed E-state index contributed by atoms with van der Waals surface area (Å²) in [6, 6.07) is 39.6. The third kappa shape index (κ3) is 4.27. The number of benzene rings is 4. The van der Waals surface area contributed by atoms with E-state index < -0.39 is 0 Å². The Balaban J connectivity index is 1.40. The first-order valence-corrected chi connectivity index (χ1v) is 14.0. The molecule has 2 unspecified atom stereocenters. The molecule has 0 spiro atoms. The molecule has 39 heavy (non-hydrogen) atoms. The minimum absolute atomic E-state index is 0.0745. The molecule has 0 bridgehead atoms. The summed E-state index contributed by atoms with van der Waals surface area (Å²) in [5.74, 6) is 0. The molecule has 2 aliphatic rings. The summed E-state index contributed by atoms with van der Waals surface area (Å²) in [5.41, 5.74) is 12.2. The van der Waals surface area contributed by atoms with Gasteiger partial charge in [-0.1, -0.05) is 122 Å². The SMILES string of the molecule is CC1=C(/C=C/C=C2/N(C)c3ccccc3C2(C)Cc2ccccc2)C(C)(Cc2ccccc2)c2ccccc21. The van der Waals surface area contributed by atoms with Gasteiger partial charge in [-0.2, -0.15) is 0 Å². The molecule has 0 saturated heterocycles. The molecule has 2 atom stereocenters. The monoisotopic (exact) mass is 507 g/mol. The van der Waals surface area contributed by atoms with Gasteiger partial charge in [0, 0.05) is 29.3 Å². The molecule has 0 saturated carbocycles. The number of para-hydroxylation sites is 1. The Kier molecular flexibility index (Phi) is 6.39. The van der Waals surface area contributed by atoms with Crippen LogP contribution in [0.5, 0.6) is 0 Å². The van der Waals surface area contributed by atoms with E-state index in [1.807, 2.05) is 0 Å². The highest BCUT2D eigenvalue weighted by atomic mass is 15.2. The molecule has 1 nitrogen and oxygen atoms in total. The molecule has 1 aliphatic carbocycles. The number of nitrogens with zero attached hydrogens (tertiary/aromatic N) is 1. The number of allylic oxidation sites excluding steroid dienone is 6. The van der Waals surface area contributed by atoms with Gasteiger partial charge in [0.05, 0.1) is 0 Å². The zero-order chi connectivity index (χ0) is 27.0. The maximum absolute atomic E-state index is 2.42. The average molecular weight is 508 g/mol. The van der Waals surface area contributed by atoms with Gasteiger partial charge in [0.25, 0.3) is 0 Å². The van der Waals surface area contributed by atoms with E-state index in [-0.39, 0.29) is 10.8 Å². The van der Waals surface area contributed by atoms with Crippen LogP contribution in [0, 0.1) is 0 Å². The fourth-order valence-corrected chi connectivity index (χ4v) is 7.09. The van der Waals surface area contributed by atoms with E-state index in [9.17, 15) is 0 Å². The van der Waals surface area contributed by atoms with Gasteiger partial charge >= 0.3 is 0 Å². The highest BCUT2D eigenvalue weighted by molar-refractivity contribution is 5.81. The molecule has 4 aromatic carbocycles. The number of rotatable bonds is 6. The van der Waals surface area contributed by atoms with Crippen molar-refractivity contribution in [3.05, 3.63) is 167 Å². The number of likely N-dealkylation sites (N-methyl/N-ethyl adjacent to an activating group) is 1. The van der Waals surface area contributed by atoms with Crippen LogP contribution in [0.15, 0.2) is 139 Å². The molecule has 1 heterocycles. The molecule has 0 radical (unpaired) electrons. The van der Waals surface area contributed by atoms with Crippen LogP contribution in [0.3, 0.4) is 0 Å². The number of anilines is 1. The van der Waals surface area contributed by atoms with Crippen molar-refractivity contribution in [3.63, 3.8) is 0 Å². The molecule has 1 heteroatoms. The zero-order valence-corrected chi connectivity index (χ0v) is 23.5. The van der Waals surface area contributed by atoms with Gasteiger partial charge in [-0.15, -0.1) is 0 Å². The van der Waals surface area contributed by atoms with Crippen LogP contribution >= 0.6 is 0 Å². The number of fused-ring (bicyclic) bond motifs is 2. The van der Waals surface area contributed by atoms with E-state index in [0.29, 0.717) is 0 Å². The molecule has 4 aromatic rings. The summed E-state index contributed by atoms with van der Waals surface area (Å²) >= 11 is 0. The Hall–Kier alpha value is -4.10. The molecule has 0 N–H and O–H groups in total. The van der Waals surface area contributed by atoms with Crippen molar-refractivity contribution in [2.45, 2.75) is 44.4 Å². The van der Waals surface area contributed by atoms with Crippen molar-refractivity contribution in [3.8, 4) is 0 Å². The topological polar surface area (TPSA) is 3.24 Å². The smallest absolute Gasteiger partial charge is 0.0448 e. The van der Waals surface area contributed by atoms with Gasteiger partial charge in [0.1, 0.15) is 0 Å². The van der Waals surface area contributed by atoms with Gasteiger partial charge in [-0.25, -0.2) is 0 Å². The quantitative estimate of drug-likeness (QED) is 0.252. The van der Waals surface area contributed by atoms with Crippen molar-refractivity contribution >= 4 is 11.3 Å². The van der Waals surface area contributed by atoms with E-state index in [4.69, 9.17) is 0 Å². The molecule has 194 valence electrons. The maximum Gasteiger partial charge on any atom is 0.0448 e. The maximum atomic E-state index is 2.42. The second-order valence-electron chi connectivity index (χ2n) is 11.6. The predicted molar refractivity (Wildman–Crippen MR) is 166 cm³/mol. The van der Waals surface area contributed by atoms with Crippen molar-refractivity contribution in [1.29, 1.82) is 0 Å². The molecular weight excluding hydrogens is 470 g/mol. The van der Waals surface area contributed by atoms with Gasteiger partial charge in [-0.3, -0.25) is 0 Å². The minimum atomic E-state index is -0.105. The van der Waals surface area contributed by atoms with E-state index >= 15 is 0 Å². The summed E-state index contributed by atoms with van der Waals surface area (Å²) < 4.78 is 0. The van der Waals surface area contributed by atoms with Crippen molar-refractivity contribution < 1.29 is 0 Å². The lowest BCUT2D eigenvalue weighted by atomic mass is 9.74. The van der Waals surface area contributed by atoms with Crippen LogP contribution in [0.4, 0.5) is 5.69 Å². The lowest BCUT2D eigenvalue weighted by molar-refractivity contribution is 0.567. The van der Waals surface area contributed by atoms with Crippen LogP contribution in [-0.2, 0) is 23.7 Å². The van der Waals surface area contributed by atoms with Crippen LogP contribution < -0.4 is 4.90 Å². The fraction of sp³-hybridized carbons (Fsp3) is 0.211. The van der Waals surface area contributed by atoms with Crippen molar-refractivity contribution in [2.24, 2.45) is 0 Å². The summed E-state index contributed by atoms with van der Waals surface area (Å²) in [6.07, 6.45) is 8.98. The molecule has 0 fully saturated rings. The highest BCUT2D eigenvalue weighted by Gasteiger charge is 2.42. The normalized spacial score (nSPS) is 23.1. The fourth-order valence-electron chi connectivity index (χ4n) is 7.09. The third-order valence-electron chi connectivity index (χ3n) is 9.03. The van der Waals surface area contributed by atoms with Crippen LogP contribution in [0.2, 0.25) is 0 Å². The van der Waals surface area contributed by atoms with Crippen LogP contribution in [0.25, 0.3) is 5.57 Å². The Morgan fingerprint density at radius 2 is 1.18 bits per heavy atom. The summed E-state index contributed by atoms with van der Waals surface area (Å²) in [6.45, 7) is 7.11. The highest BCUT2D eigenvalue weighted by Crippen LogP contribution is 2.50. The lowest BCUT2D eigenvalue weighted by Gasteiger charge is -2.30. The second kappa shape index (κ2) is 9.89. The Morgan fingerprint density at radius 1 is 0.641 bits per heavy atom. The van der Waals surface area contributed by atoms with Crippen molar-refractivity contribution in [1.82, 2.24) is 0 Å². The average Bonchev–Trinajstić information content (AvgIpc) is 3.30. The van der Waals surface area contributed by atoms with E-state index in [0.717, 1.165) is 12.8 Å². The van der Waals surface area contributed by atoms with Gasteiger partial charge < -0.3 is 4.90 Å². The second-order valence-corrected chi connectivity index (χ2v) is 11.6. The largest absolute Gasteiger partial charge is 0.347 e. The molecule has 0 aromatic heterocycles. The van der Waals surface area contributed by atoms with Gasteiger partial charge in [0.15, 0.2) is 0 Å². The molecule has 6 rings (SSSR count). The molecule has 0 amide bonds. The zero-order valence-electron chi connectivity index (χ0n) is 23.5. The van der Waals surface area contributed by atoms with E-state index in [2.05, 4.69) is 160 Å². The van der Waals surface area contributed by atoms with Gasteiger partial charge in [-0.05, 0) is 77.8 Å². The Bertz CT molecular complexity index is 1590. The Morgan fingerprint density at radius 3 is 1.85 bits per heavy atom. The lowest BCUT2D eigenvalue weighted by Crippen LogP contribution is -2.28. The third-order valence-corrected chi connectivity index (χ3v) is 9.03. The Labute approximate surface area is 233 Å².